The van der Waals surface area contributed by atoms with E-state index in [0.717, 1.165) is 0 Å². The molecule has 1 heterocycles. The van der Waals surface area contributed by atoms with E-state index in [0.29, 0.717) is 10.8 Å². The van der Waals surface area contributed by atoms with Crippen LogP contribution in [-0.2, 0) is 9.59 Å². The fourth-order valence-electron chi connectivity index (χ4n) is 0.686. The first-order valence-electron chi connectivity index (χ1n) is 4.80. The van der Waals surface area contributed by atoms with Crippen LogP contribution in [0.5, 0.6) is 0 Å². The quantitative estimate of drug-likeness (QED) is 0.777. The Balaban J connectivity index is 0.000000441. The lowest BCUT2D eigenvalue weighted by molar-refractivity contribution is -0.192. The maximum Gasteiger partial charge on any atom is 0.490 e. The Hall–Kier alpha value is -2.10. The standard InChI is InChI=1S/C7H8ClN3O2.C2HF3O2/c1-4(7(12)13)11-6-5(8)2-9-3-10-6;3-2(4,5)1(6)7/h2-4H,1H3,(H,12,13)(H,9,10,11);(H,6,7)/t4-;/m0./s1. The lowest BCUT2D eigenvalue weighted by atomic mass is 10.3. The monoisotopic (exact) mass is 315 g/mol. The van der Waals surface area contributed by atoms with Crippen LogP contribution in [-0.4, -0.2) is 44.3 Å². The summed E-state index contributed by atoms with van der Waals surface area (Å²) in [6.07, 6.45) is -2.39. The van der Waals surface area contributed by atoms with Gasteiger partial charge in [-0.25, -0.2) is 14.8 Å². The summed E-state index contributed by atoms with van der Waals surface area (Å²) < 4.78 is 31.7. The number of alkyl halides is 3. The van der Waals surface area contributed by atoms with Crippen LogP contribution in [0.1, 0.15) is 6.92 Å². The van der Waals surface area contributed by atoms with Crippen molar-refractivity contribution in [3.63, 3.8) is 0 Å². The zero-order valence-corrected chi connectivity index (χ0v) is 10.6. The summed E-state index contributed by atoms with van der Waals surface area (Å²) in [4.78, 5) is 26.8. The van der Waals surface area contributed by atoms with Gasteiger partial charge < -0.3 is 15.5 Å². The van der Waals surface area contributed by atoms with Crippen LogP contribution in [0.3, 0.4) is 0 Å². The first kappa shape index (κ1) is 17.9. The number of anilines is 1. The molecule has 0 unspecified atom stereocenters. The zero-order chi connectivity index (χ0) is 15.9. The van der Waals surface area contributed by atoms with Crippen LogP contribution < -0.4 is 5.32 Å². The average molecular weight is 316 g/mol. The van der Waals surface area contributed by atoms with E-state index >= 15 is 0 Å². The summed E-state index contributed by atoms with van der Waals surface area (Å²) in [6, 6.07) is -0.729. The highest BCUT2D eigenvalue weighted by Crippen LogP contribution is 2.16. The summed E-state index contributed by atoms with van der Waals surface area (Å²) in [6.45, 7) is 1.50. The van der Waals surface area contributed by atoms with Crippen molar-refractivity contribution in [1.29, 1.82) is 0 Å². The molecule has 1 aromatic heterocycles. The fraction of sp³-hybridized carbons (Fsp3) is 0.333. The van der Waals surface area contributed by atoms with Gasteiger partial charge in [-0.05, 0) is 6.92 Å². The van der Waals surface area contributed by atoms with Crippen molar-refractivity contribution in [2.24, 2.45) is 0 Å². The van der Waals surface area contributed by atoms with Crippen LogP contribution in [0.2, 0.25) is 5.02 Å². The largest absolute Gasteiger partial charge is 0.490 e. The number of aromatic nitrogens is 2. The molecule has 1 rings (SSSR count). The number of hydrogen-bond donors (Lipinski definition) is 3. The molecule has 1 aromatic rings. The van der Waals surface area contributed by atoms with Crippen molar-refractivity contribution in [1.82, 2.24) is 9.97 Å². The van der Waals surface area contributed by atoms with E-state index in [1.165, 1.54) is 19.4 Å². The molecule has 0 bridgehead atoms. The number of halogens is 4. The molecule has 112 valence electrons. The molecular weight excluding hydrogens is 307 g/mol. The van der Waals surface area contributed by atoms with Gasteiger partial charge in [0.15, 0.2) is 0 Å². The molecule has 0 fully saturated rings. The predicted molar refractivity (Wildman–Crippen MR) is 61.5 cm³/mol. The van der Waals surface area contributed by atoms with Gasteiger partial charge in [0, 0.05) is 0 Å². The van der Waals surface area contributed by atoms with Crippen molar-refractivity contribution in [3.8, 4) is 0 Å². The Morgan fingerprint density at radius 2 is 1.90 bits per heavy atom. The molecule has 0 amide bonds. The molecule has 7 nitrogen and oxygen atoms in total. The van der Waals surface area contributed by atoms with E-state index in [2.05, 4.69) is 15.3 Å². The highest BCUT2D eigenvalue weighted by molar-refractivity contribution is 6.32. The van der Waals surface area contributed by atoms with Gasteiger partial charge in [-0.15, -0.1) is 0 Å². The minimum absolute atomic E-state index is 0.301. The van der Waals surface area contributed by atoms with E-state index < -0.39 is 24.2 Å². The van der Waals surface area contributed by atoms with Crippen molar-refractivity contribution in [3.05, 3.63) is 17.5 Å². The maximum absolute atomic E-state index is 10.6. The minimum atomic E-state index is -5.08. The number of carboxylic acid groups (broad SMARTS) is 2. The number of aliphatic carboxylic acids is 2. The second-order valence-corrected chi connectivity index (χ2v) is 3.63. The van der Waals surface area contributed by atoms with Crippen LogP contribution >= 0.6 is 11.6 Å². The number of hydrogen-bond acceptors (Lipinski definition) is 5. The lowest BCUT2D eigenvalue weighted by Gasteiger charge is -2.09. The summed E-state index contributed by atoms with van der Waals surface area (Å²) in [5, 5.41) is 18.6. The molecule has 0 aliphatic heterocycles. The maximum atomic E-state index is 10.6. The second kappa shape index (κ2) is 7.48. The highest BCUT2D eigenvalue weighted by Gasteiger charge is 2.38. The van der Waals surface area contributed by atoms with Crippen molar-refractivity contribution < 1.29 is 33.0 Å². The Morgan fingerprint density at radius 1 is 1.40 bits per heavy atom. The molecule has 0 saturated carbocycles. The molecule has 0 aliphatic carbocycles. The lowest BCUT2D eigenvalue weighted by Crippen LogP contribution is -2.26. The van der Waals surface area contributed by atoms with Crippen LogP contribution in [0, 0.1) is 0 Å². The van der Waals surface area contributed by atoms with Crippen molar-refractivity contribution in [2.45, 2.75) is 19.1 Å². The molecule has 20 heavy (non-hydrogen) atoms. The van der Waals surface area contributed by atoms with E-state index in [9.17, 15) is 18.0 Å². The topological polar surface area (TPSA) is 112 Å². The van der Waals surface area contributed by atoms with Gasteiger partial charge in [0.05, 0.1) is 6.20 Å². The van der Waals surface area contributed by atoms with Crippen LogP contribution in [0.15, 0.2) is 12.5 Å². The van der Waals surface area contributed by atoms with Crippen molar-refractivity contribution in [2.75, 3.05) is 5.32 Å². The summed E-state index contributed by atoms with van der Waals surface area (Å²) in [7, 11) is 0. The molecule has 0 aromatic carbocycles. The highest BCUT2D eigenvalue weighted by atomic mass is 35.5. The number of nitrogens with zero attached hydrogens (tertiary/aromatic N) is 2. The van der Waals surface area contributed by atoms with Gasteiger partial charge in [0.2, 0.25) is 0 Å². The zero-order valence-electron chi connectivity index (χ0n) is 9.85. The van der Waals surface area contributed by atoms with Gasteiger partial charge in [0.1, 0.15) is 23.2 Å². The normalized spacial score (nSPS) is 11.8. The van der Waals surface area contributed by atoms with E-state index in [4.69, 9.17) is 26.6 Å². The number of rotatable bonds is 3. The smallest absolute Gasteiger partial charge is 0.480 e. The third kappa shape index (κ3) is 6.73. The molecule has 0 aliphatic rings. The molecule has 11 heteroatoms. The molecule has 0 spiro atoms. The van der Waals surface area contributed by atoms with Gasteiger partial charge in [-0.1, -0.05) is 11.6 Å². The Labute approximate surface area is 115 Å². The summed E-state index contributed by atoms with van der Waals surface area (Å²) >= 11 is 5.69. The molecular formula is C9H9ClF3N3O4. The Kier molecular flexibility index (Phi) is 6.69. The third-order valence-corrected chi connectivity index (χ3v) is 1.91. The number of nitrogens with one attached hydrogen (secondary N) is 1. The van der Waals surface area contributed by atoms with Crippen molar-refractivity contribution >= 4 is 29.4 Å². The average Bonchev–Trinajstić information content (AvgIpc) is 2.31. The predicted octanol–water partition coefficient (Wildman–Crippen LogP) is 1.65. The molecule has 0 radical (unpaired) electrons. The van der Waals surface area contributed by atoms with E-state index in [1.54, 1.807) is 0 Å². The fourth-order valence-corrected chi connectivity index (χ4v) is 0.845. The molecule has 3 N–H and O–H groups in total. The first-order chi connectivity index (χ1) is 9.05. The minimum Gasteiger partial charge on any atom is -0.480 e. The second-order valence-electron chi connectivity index (χ2n) is 3.23. The van der Waals surface area contributed by atoms with E-state index in [1.807, 2.05) is 0 Å². The van der Waals surface area contributed by atoms with Gasteiger partial charge in [-0.2, -0.15) is 13.2 Å². The SMILES string of the molecule is C[C@H](Nc1ncncc1Cl)C(=O)O.O=C(O)C(F)(F)F. The molecule has 0 saturated heterocycles. The summed E-state index contributed by atoms with van der Waals surface area (Å²) in [5.74, 6) is -3.39. The van der Waals surface area contributed by atoms with Gasteiger partial charge >= 0.3 is 18.1 Å². The third-order valence-electron chi connectivity index (χ3n) is 1.63. The number of carboxylic acids is 2. The summed E-state index contributed by atoms with van der Waals surface area (Å²) in [5.41, 5.74) is 0. The van der Waals surface area contributed by atoms with Crippen LogP contribution in [0.25, 0.3) is 0 Å². The van der Waals surface area contributed by atoms with Gasteiger partial charge in [0.25, 0.3) is 0 Å². The molecule has 1 atom stereocenters. The first-order valence-corrected chi connectivity index (χ1v) is 5.18. The number of carbonyl (C=O) groups is 2. The van der Waals surface area contributed by atoms with Crippen LogP contribution in [0.4, 0.5) is 19.0 Å². The van der Waals surface area contributed by atoms with E-state index in [-0.39, 0.29) is 0 Å². The Bertz CT molecular complexity index is 484. The Morgan fingerprint density at radius 3 is 2.25 bits per heavy atom. The van der Waals surface area contributed by atoms with Gasteiger partial charge in [-0.3, -0.25) is 4.79 Å².